The highest BCUT2D eigenvalue weighted by Crippen LogP contribution is 2.30. The average molecular weight is 372 g/mol. The maximum Gasteiger partial charge on any atom is 0.405 e. The number of piperidine rings is 1. The first kappa shape index (κ1) is 17.8. The molecule has 1 amide bonds. The van der Waals surface area contributed by atoms with Gasteiger partial charge in [-0.15, -0.1) is 0 Å². The molecule has 0 radical (unpaired) electrons. The van der Waals surface area contributed by atoms with Crippen LogP contribution in [0.25, 0.3) is 10.9 Å². The summed E-state index contributed by atoms with van der Waals surface area (Å²) in [7, 11) is 0. The largest absolute Gasteiger partial charge is 0.405 e. The van der Waals surface area contributed by atoms with E-state index in [0.29, 0.717) is 18.0 Å². The minimum Gasteiger partial charge on any atom is -0.370 e. The number of amides is 1. The number of pyridine rings is 1. The zero-order chi connectivity index (χ0) is 18.0. The van der Waals surface area contributed by atoms with Gasteiger partial charge >= 0.3 is 6.18 Å². The summed E-state index contributed by atoms with van der Waals surface area (Å²) in [5, 5.41) is 3.48. The topological polar surface area (TPSA) is 45.2 Å². The highest BCUT2D eigenvalue weighted by atomic mass is 35.5. The molecular formula is C17H17ClF3N3O. The van der Waals surface area contributed by atoms with E-state index in [9.17, 15) is 18.0 Å². The van der Waals surface area contributed by atoms with Gasteiger partial charge in [-0.25, -0.2) is 0 Å². The van der Waals surface area contributed by atoms with Crippen molar-refractivity contribution >= 4 is 34.1 Å². The molecule has 1 aromatic carbocycles. The van der Waals surface area contributed by atoms with Crippen molar-refractivity contribution in [2.24, 2.45) is 5.92 Å². The number of anilines is 1. The van der Waals surface area contributed by atoms with Crippen LogP contribution in [0.4, 0.5) is 18.9 Å². The maximum atomic E-state index is 12.3. The molecule has 1 N–H and O–H groups in total. The molecule has 0 aliphatic carbocycles. The zero-order valence-electron chi connectivity index (χ0n) is 13.3. The van der Waals surface area contributed by atoms with Crippen LogP contribution in [0.5, 0.6) is 0 Å². The van der Waals surface area contributed by atoms with Gasteiger partial charge in [-0.1, -0.05) is 11.6 Å². The van der Waals surface area contributed by atoms with Gasteiger partial charge in [0, 0.05) is 35.4 Å². The third-order valence-corrected chi connectivity index (χ3v) is 4.51. The van der Waals surface area contributed by atoms with Gasteiger partial charge in [0.15, 0.2) is 0 Å². The van der Waals surface area contributed by atoms with Gasteiger partial charge in [0.1, 0.15) is 6.54 Å². The van der Waals surface area contributed by atoms with E-state index in [1.807, 2.05) is 22.3 Å². The maximum absolute atomic E-state index is 12.3. The first-order valence-corrected chi connectivity index (χ1v) is 8.35. The molecule has 1 fully saturated rings. The Balaban J connectivity index is 1.77. The Morgan fingerprint density at radius 3 is 2.92 bits per heavy atom. The van der Waals surface area contributed by atoms with Crippen molar-refractivity contribution in [3.8, 4) is 0 Å². The lowest BCUT2D eigenvalue weighted by atomic mass is 9.96. The predicted octanol–water partition coefficient (Wildman–Crippen LogP) is 3.78. The summed E-state index contributed by atoms with van der Waals surface area (Å²) >= 11 is 5.99. The number of carbonyl (C=O) groups excluding carboxylic acids is 1. The number of halogens is 4. The SMILES string of the molecule is O=C(NCC(F)(F)F)C1CCCN(c2ccnc3cc(Cl)ccc23)C1. The van der Waals surface area contributed by atoms with E-state index in [4.69, 9.17) is 11.6 Å². The number of aromatic nitrogens is 1. The normalized spacial score (nSPS) is 18.4. The molecule has 1 atom stereocenters. The first-order chi connectivity index (χ1) is 11.8. The number of nitrogens with one attached hydrogen (secondary N) is 1. The average Bonchev–Trinajstić information content (AvgIpc) is 2.58. The summed E-state index contributed by atoms with van der Waals surface area (Å²) in [6.45, 7) is -0.171. The molecule has 25 heavy (non-hydrogen) atoms. The molecule has 0 spiro atoms. The van der Waals surface area contributed by atoms with Crippen LogP contribution < -0.4 is 10.2 Å². The van der Waals surface area contributed by atoms with Crippen molar-refractivity contribution in [2.75, 3.05) is 24.5 Å². The molecule has 2 aromatic rings. The molecule has 3 rings (SSSR count). The Morgan fingerprint density at radius 2 is 2.16 bits per heavy atom. The van der Waals surface area contributed by atoms with Gasteiger partial charge in [0.2, 0.25) is 5.91 Å². The number of hydrogen-bond donors (Lipinski definition) is 1. The van der Waals surface area contributed by atoms with Crippen LogP contribution in [0.1, 0.15) is 12.8 Å². The second-order valence-corrected chi connectivity index (χ2v) is 6.55. The standard InChI is InChI=1S/C17H17ClF3N3O/c18-12-3-4-13-14(8-12)22-6-5-15(13)24-7-1-2-11(9-24)16(25)23-10-17(19,20)21/h3-6,8,11H,1-2,7,9-10H2,(H,23,25). The highest BCUT2D eigenvalue weighted by molar-refractivity contribution is 6.31. The summed E-state index contributed by atoms with van der Waals surface area (Å²) in [6.07, 6.45) is -1.41. The highest BCUT2D eigenvalue weighted by Gasteiger charge is 2.31. The Hall–Kier alpha value is -2.02. The van der Waals surface area contributed by atoms with Crippen molar-refractivity contribution in [3.63, 3.8) is 0 Å². The summed E-state index contributed by atoms with van der Waals surface area (Å²) in [6, 6.07) is 7.25. The van der Waals surface area contributed by atoms with Gasteiger partial charge in [-0.05, 0) is 37.1 Å². The van der Waals surface area contributed by atoms with E-state index < -0.39 is 24.5 Å². The molecule has 1 aliphatic heterocycles. The summed E-state index contributed by atoms with van der Waals surface area (Å²) in [4.78, 5) is 18.4. The van der Waals surface area contributed by atoms with Crippen LogP contribution in [-0.2, 0) is 4.79 Å². The number of fused-ring (bicyclic) bond motifs is 1. The van der Waals surface area contributed by atoms with Crippen molar-refractivity contribution in [3.05, 3.63) is 35.5 Å². The van der Waals surface area contributed by atoms with Crippen LogP contribution >= 0.6 is 11.6 Å². The number of alkyl halides is 3. The van der Waals surface area contributed by atoms with Crippen molar-refractivity contribution < 1.29 is 18.0 Å². The molecule has 0 saturated carbocycles. The van der Waals surface area contributed by atoms with E-state index in [0.717, 1.165) is 29.6 Å². The second-order valence-electron chi connectivity index (χ2n) is 6.11. The monoisotopic (exact) mass is 371 g/mol. The van der Waals surface area contributed by atoms with Crippen molar-refractivity contribution in [2.45, 2.75) is 19.0 Å². The molecule has 2 heterocycles. The smallest absolute Gasteiger partial charge is 0.370 e. The second kappa shape index (κ2) is 7.07. The summed E-state index contributed by atoms with van der Waals surface area (Å²) in [5.41, 5.74) is 1.66. The van der Waals surface area contributed by atoms with Gasteiger partial charge in [0.25, 0.3) is 0 Å². The number of nitrogens with zero attached hydrogens (tertiary/aromatic N) is 2. The summed E-state index contributed by atoms with van der Waals surface area (Å²) < 4.78 is 36.9. The molecule has 4 nitrogen and oxygen atoms in total. The molecule has 1 unspecified atom stereocenters. The third-order valence-electron chi connectivity index (χ3n) is 4.28. The Kier molecular flexibility index (Phi) is 5.03. The van der Waals surface area contributed by atoms with Crippen molar-refractivity contribution in [1.29, 1.82) is 0 Å². The molecule has 8 heteroatoms. The fourth-order valence-corrected chi connectivity index (χ4v) is 3.29. The van der Waals surface area contributed by atoms with Gasteiger partial charge in [0.05, 0.1) is 11.4 Å². The third kappa shape index (κ3) is 4.34. The predicted molar refractivity (Wildman–Crippen MR) is 90.8 cm³/mol. The van der Waals surface area contributed by atoms with E-state index in [1.54, 1.807) is 18.3 Å². The molecule has 134 valence electrons. The zero-order valence-corrected chi connectivity index (χ0v) is 14.1. The minimum absolute atomic E-state index is 0.380. The number of rotatable bonds is 3. The first-order valence-electron chi connectivity index (χ1n) is 7.97. The van der Waals surface area contributed by atoms with Crippen LogP contribution in [0.2, 0.25) is 5.02 Å². The molecular weight excluding hydrogens is 355 g/mol. The molecule has 1 saturated heterocycles. The Morgan fingerprint density at radius 1 is 1.36 bits per heavy atom. The van der Waals surface area contributed by atoms with E-state index in [2.05, 4.69) is 4.98 Å². The minimum atomic E-state index is -4.40. The van der Waals surface area contributed by atoms with E-state index in [1.165, 1.54) is 0 Å². The van der Waals surface area contributed by atoms with Crippen LogP contribution in [0.15, 0.2) is 30.5 Å². The summed E-state index contributed by atoms with van der Waals surface area (Å²) in [5.74, 6) is -1.02. The molecule has 1 aliphatic rings. The van der Waals surface area contributed by atoms with Crippen molar-refractivity contribution in [1.82, 2.24) is 10.3 Å². The quantitative estimate of drug-likeness (QED) is 0.893. The van der Waals surface area contributed by atoms with E-state index >= 15 is 0 Å². The lowest BCUT2D eigenvalue weighted by Crippen LogP contribution is -2.45. The fraction of sp³-hybridized carbons (Fsp3) is 0.412. The van der Waals surface area contributed by atoms with Gasteiger partial charge in [-0.2, -0.15) is 13.2 Å². The van der Waals surface area contributed by atoms with Gasteiger partial charge in [-0.3, -0.25) is 9.78 Å². The fourth-order valence-electron chi connectivity index (χ4n) is 3.12. The van der Waals surface area contributed by atoms with E-state index in [-0.39, 0.29) is 0 Å². The Labute approximate surface area is 148 Å². The van der Waals surface area contributed by atoms with Crippen LogP contribution in [0.3, 0.4) is 0 Å². The number of hydrogen-bond acceptors (Lipinski definition) is 3. The molecule has 1 aromatic heterocycles. The lowest BCUT2D eigenvalue weighted by molar-refractivity contribution is -0.140. The van der Waals surface area contributed by atoms with Gasteiger partial charge < -0.3 is 10.2 Å². The lowest BCUT2D eigenvalue weighted by Gasteiger charge is -2.34. The van der Waals surface area contributed by atoms with Crippen LogP contribution in [-0.4, -0.2) is 36.7 Å². The number of benzene rings is 1. The Bertz CT molecular complexity index is 781. The molecule has 0 bridgehead atoms. The van der Waals surface area contributed by atoms with Crippen LogP contribution in [0, 0.1) is 5.92 Å². The number of carbonyl (C=O) groups is 1.